The first-order valence-electron chi connectivity index (χ1n) is 5.90. The largest absolute Gasteiger partial charge is 0.366 e. The number of aryl methyl sites for hydroxylation is 2. The van der Waals surface area contributed by atoms with Gasteiger partial charge in [0, 0.05) is 31.9 Å². The van der Waals surface area contributed by atoms with Crippen molar-refractivity contribution in [3.63, 3.8) is 0 Å². The van der Waals surface area contributed by atoms with Crippen molar-refractivity contribution >= 4 is 11.5 Å². The van der Waals surface area contributed by atoms with Crippen LogP contribution in [0.5, 0.6) is 0 Å². The van der Waals surface area contributed by atoms with E-state index in [0.717, 1.165) is 31.9 Å². The number of rotatable bonds is 1. The summed E-state index contributed by atoms with van der Waals surface area (Å²) in [6.07, 6.45) is 1.73. The van der Waals surface area contributed by atoms with Gasteiger partial charge in [0.1, 0.15) is 6.33 Å². The second-order valence-corrected chi connectivity index (χ2v) is 4.37. The summed E-state index contributed by atoms with van der Waals surface area (Å²) in [6.45, 7) is 8.24. The first-order valence-corrected chi connectivity index (χ1v) is 5.90. The summed E-state index contributed by atoms with van der Waals surface area (Å²) < 4.78 is 1.95. The van der Waals surface area contributed by atoms with Crippen LogP contribution in [0.2, 0.25) is 0 Å². The molecule has 2 aromatic rings. The topological polar surface area (TPSA) is 58.4 Å². The van der Waals surface area contributed by atoms with E-state index in [1.807, 2.05) is 11.3 Å². The molecule has 0 atom stereocenters. The van der Waals surface area contributed by atoms with Crippen LogP contribution >= 0.6 is 0 Å². The van der Waals surface area contributed by atoms with E-state index in [2.05, 4.69) is 32.3 Å². The molecular weight excluding hydrogens is 216 g/mol. The van der Waals surface area contributed by atoms with E-state index < -0.39 is 0 Å². The lowest BCUT2D eigenvalue weighted by Gasteiger charge is -2.31. The minimum absolute atomic E-state index is 0.680. The zero-order valence-corrected chi connectivity index (χ0v) is 10.1. The summed E-state index contributed by atoms with van der Waals surface area (Å²) in [7, 11) is 0. The van der Waals surface area contributed by atoms with E-state index in [1.54, 1.807) is 6.33 Å². The van der Waals surface area contributed by atoms with Gasteiger partial charge < -0.3 is 10.2 Å². The lowest BCUT2D eigenvalue weighted by atomic mass is 10.2. The lowest BCUT2D eigenvalue weighted by molar-refractivity contribution is 0.585. The highest BCUT2D eigenvalue weighted by Crippen LogP contribution is 2.23. The van der Waals surface area contributed by atoms with Crippen LogP contribution in [0.1, 0.15) is 11.4 Å². The zero-order chi connectivity index (χ0) is 11.8. The highest BCUT2D eigenvalue weighted by atomic mass is 15.3. The second-order valence-electron chi connectivity index (χ2n) is 4.37. The van der Waals surface area contributed by atoms with Crippen molar-refractivity contribution in [2.24, 2.45) is 0 Å². The Hall–Kier alpha value is -1.69. The third-order valence-corrected chi connectivity index (χ3v) is 3.28. The van der Waals surface area contributed by atoms with E-state index in [1.165, 1.54) is 11.4 Å². The van der Waals surface area contributed by atoms with Crippen molar-refractivity contribution in [3.8, 4) is 0 Å². The van der Waals surface area contributed by atoms with Crippen molar-refractivity contribution in [2.45, 2.75) is 13.8 Å². The SMILES string of the molecule is Cc1nc2nncn2c(C)c1N1CCNCC1. The molecule has 6 nitrogen and oxygen atoms in total. The molecule has 0 aliphatic carbocycles. The number of piperazine rings is 1. The highest BCUT2D eigenvalue weighted by Gasteiger charge is 2.18. The van der Waals surface area contributed by atoms with E-state index in [4.69, 9.17) is 0 Å². The van der Waals surface area contributed by atoms with Gasteiger partial charge in [-0.1, -0.05) is 0 Å². The maximum Gasteiger partial charge on any atom is 0.255 e. The number of nitrogens with one attached hydrogen (secondary N) is 1. The Labute approximate surface area is 99.7 Å². The number of hydrogen-bond acceptors (Lipinski definition) is 5. The fourth-order valence-corrected chi connectivity index (χ4v) is 2.47. The van der Waals surface area contributed by atoms with Crippen molar-refractivity contribution in [3.05, 3.63) is 17.7 Å². The van der Waals surface area contributed by atoms with Gasteiger partial charge in [0.2, 0.25) is 0 Å². The molecule has 0 bridgehead atoms. The minimum atomic E-state index is 0.680. The maximum absolute atomic E-state index is 4.50. The Balaban J connectivity index is 2.13. The number of fused-ring (bicyclic) bond motifs is 1. The van der Waals surface area contributed by atoms with Gasteiger partial charge in [0.15, 0.2) is 0 Å². The molecule has 1 aliphatic heterocycles. The van der Waals surface area contributed by atoms with Crippen LogP contribution < -0.4 is 10.2 Å². The molecule has 0 unspecified atom stereocenters. The molecule has 0 saturated carbocycles. The van der Waals surface area contributed by atoms with Gasteiger partial charge in [-0.05, 0) is 13.8 Å². The Morgan fingerprint density at radius 1 is 1.24 bits per heavy atom. The predicted molar refractivity (Wildman–Crippen MR) is 65.3 cm³/mol. The maximum atomic E-state index is 4.50. The van der Waals surface area contributed by atoms with Crippen molar-refractivity contribution in [2.75, 3.05) is 31.1 Å². The number of hydrogen-bond donors (Lipinski definition) is 1. The third kappa shape index (κ3) is 1.64. The van der Waals surface area contributed by atoms with Crippen LogP contribution in [0, 0.1) is 13.8 Å². The van der Waals surface area contributed by atoms with Gasteiger partial charge in [-0.25, -0.2) is 4.98 Å². The van der Waals surface area contributed by atoms with Gasteiger partial charge in [-0.15, -0.1) is 10.2 Å². The van der Waals surface area contributed by atoms with Crippen molar-refractivity contribution < 1.29 is 0 Å². The molecule has 17 heavy (non-hydrogen) atoms. The van der Waals surface area contributed by atoms with Crippen LogP contribution in [-0.2, 0) is 0 Å². The molecule has 1 saturated heterocycles. The quantitative estimate of drug-likeness (QED) is 0.758. The highest BCUT2D eigenvalue weighted by molar-refractivity contribution is 5.57. The minimum Gasteiger partial charge on any atom is -0.366 e. The Bertz CT molecular complexity index is 540. The average molecular weight is 232 g/mol. The van der Waals surface area contributed by atoms with Gasteiger partial charge in [-0.3, -0.25) is 4.40 Å². The van der Waals surface area contributed by atoms with E-state index in [0.29, 0.717) is 5.78 Å². The standard InChI is InChI=1S/C11H16N6/c1-8-10(16-5-3-12-4-6-16)9(2)17-7-13-15-11(17)14-8/h7,12H,3-6H2,1-2H3. The summed E-state index contributed by atoms with van der Waals surface area (Å²) in [6, 6.07) is 0. The third-order valence-electron chi connectivity index (χ3n) is 3.28. The Morgan fingerprint density at radius 2 is 2.00 bits per heavy atom. The molecule has 3 rings (SSSR count). The van der Waals surface area contributed by atoms with Crippen molar-refractivity contribution in [1.82, 2.24) is 24.9 Å². The summed E-state index contributed by atoms with van der Waals surface area (Å²) in [5.41, 5.74) is 3.42. The molecule has 3 heterocycles. The molecule has 0 radical (unpaired) electrons. The van der Waals surface area contributed by atoms with Gasteiger partial charge in [0.25, 0.3) is 5.78 Å². The lowest BCUT2D eigenvalue weighted by Crippen LogP contribution is -2.44. The van der Waals surface area contributed by atoms with Gasteiger partial charge in [0.05, 0.1) is 11.4 Å². The molecule has 0 spiro atoms. The number of nitrogens with zero attached hydrogens (tertiary/aromatic N) is 5. The van der Waals surface area contributed by atoms with Crippen LogP contribution in [0.3, 0.4) is 0 Å². The van der Waals surface area contributed by atoms with Crippen LogP contribution in [-0.4, -0.2) is 45.8 Å². The van der Waals surface area contributed by atoms with Crippen LogP contribution in [0.25, 0.3) is 5.78 Å². The zero-order valence-electron chi connectivity index (χ0n) is 10.1. The molecule has 0 amide bonds. The Morgan fingerprint density at radius 3 is 2.76 bits per heavy atom. The second kappa shape index (κ2) is 3.96. The summed E-state index contributed by atoms with van der Waals surface area (Å²) in [5.74, 6) is 0.680. The average Bonchev–Trinajstić information content (AvgIpc) is 2.78. The first-order chi connectivity index (χ1) is 8.27. The fraction of sp³-hybridized carbons (Fsp3) is 0.545. The molecule has 6 heteroatoms. The van der Waals surface area contributed by atoms with Crippen LogP contribution in [0.4, 0.5) is 5.69 Å². The van der Waals surface area contributed by atoms with Crippen molar-refractivity contribution in [1.29, 1.82) is 0 Å². The molecule has 1 N–H and O–H groups in total. The fourth-order valence-electron chi connectivity index (χ4n) is 2.47. The number of aromatic nitrogens is 4. The number of anilines is 1. The van der Waals surface area contributed by atoms with E-state index in [9.17, 15) is 0 Å². The summed E-state index contributed by atoms with van der Waals surface area (Å²) >= 11 is 0. The predicted octanol–water partition coefficient (Wildman–Crippen LogP) is 0.151. The van der Waals surface area contributed by atoms with Crippen LogP contribution in [0.15, 0.2) is 6.33 Å². The Kier molecular flexibility index (Phi) is 2.44. The molecule has 0 aromatic carbocycles. The molecular formula is C11H16N6. The van der Waals surface area contributed by atoms with Gasteiger partial charge >= 0.3 is 0 Å². The molecule has 90 valence electrons. The first kappa shape index (κ1) is 10.5. The molecule has 2 aromatic heterocycles. The van der Waals surface area contributed by atoms with Gasteiger partial charge in [-0.2, -0.15) is 0 Å². The summed E-state index contributed by atoms with van der Waals surface area (Å²) in [4.78, 5) is 6.88. The van der Waals surface area contributed by atoms with E-state index in [-0.39, 0.29) is 0 Å². The molecule has 1 aliphatic rings. The monoisotopic (exact) mass is 232 g/mol. The van der Waals surface area contributed by atoms with E-state index >= 15 is 0 Å². The smallest absolute Gasteiger partial charge is 0.255 e. The normalized spacial score (nSPS) is 16.7. The summed E-state index contributed by atoms with van der Waals surface area (Å²) in [5, 5.41) is 11.3. The molecule has 1 fully saturated rings.